The van der Waals surface area contributed by atoms with Crippen LogP contribution in [0.25, 0.3) is 0 Å². The van der Waals surface area contributed by atoms with E-state index in [4.69, 9.17) is 9.68 Å². The summed E-state index contributed by atoms with van der Waals surface area (Å²) in [5.41, 5.74) is 1.45. The highest BCUT2D eigenvalue weighted by atomic mass is 16.5. The minimum Gasteiger partial charge on any atom is -0.537 e. The molecule has 0 bridgehead atoms. The molecule has 21 heavy (non-hydrogen) atoms. The van der Waals surface area contributed by atoms with Crippen molar-refractivity contribution in [1.29, 1.82) is 0 Å². The third-order valence-corrected chi connectivity index (χ3v) is 3.30. The predicted molar refractivity (Wildman–Crippen MR) is 84.2 cm³/mol. The standard InChI is InChI=1S/C15H24BN2O3/c1-5-11(2)9-17-15(19)12-6-7-14(21-16-20)13(8-12)10-18(3)4/h6-8,11,20H,5,9-10H2,1-4H3,(H,17,19). The van der Waals surface area contributed by atoms with E-state index in [1.807, 2.05) is 19.0 Å². The lowest BCUT2D eigenvalue weighted by Gasteiger charge is -2.16. The van der Waals surface area contributed by atoms with E-state index in [1.54, 1.807) is 18.2 Å². The second-order valence-corrected chi connectivity index (χ2v) is 5.51. The fourth-order valence-electron chi connectivity index (χ4n) is 1.87. The Kier molecular flexibility index (Phi) is 7.26. The van der Waals surface area contributed by atoms with Gasteiger partial charge in [-0.05, 0) is 38.2 Å². The summed E-state index contributed by atoms with van der Waals surface area (Å²) in [5, 5.41) is 11.7. The molecule has 0 spiro atoms. The molecule has 0 aliphatic carbocycles. The molecule has 1 rings (SSSR count). The molecule has 1 amide bonds. The molecule has 1 unspecified atom stereocenters. The Balaban J connectivity index is 2.85. The van der Waals surface area contributed by atoms with Crippen molar-refractivity contribution in [2.75, 3.05) is 20.6 Å². The smallest absolute Gasteiger partial charge is 0.537 e. The number of nitrogens with zero attached hydrogens (tertiary/aromatic N) is 1. The average Bonchev–Trinajstić information content (AvgIpc) is 2.45. The van der Waals surface area contributed by atoms with Gasteiger partial charge in [0.05, 0.1) is 0 Å². The van der Waals surface area contributed by atoms with Crippen LogP contribution in [-0.4, -0.2) is 44.2 Å². The monoisotopic (exact) mass is 291 g/mol. The van der Waals surface area contributed by atoms with Crippen molar-refractivity contribution < 1.29 is 14.5 Å². The van der Waals surface area contributed by atoms with Crippen molar-refractivity contribution in [2.24, 2.45) is 5.92 Å². The van der Waals surface area contributed by atoms with Gasteiger partial charge in [-0.2, -0.15) is 0 Å². The lowest BCUT2D eigenvalue weighted by atomic mass is 10.1. The molecule has 2 N–H and O–H groups in total. The van der Waals surface area contributed by atoms with Gasteiger partial charge in [-0.1, -0.05) is 20.3 Å². The Morgan fingerprint density at radius 2 is 2.19 bits per heavy atom. The van der Waals surface area contributed by atoms with E-state index in [-0.39, 0.29) is 5.91 Å². The highest BCUT2D eigenvalue weighted by Gasteiger charge is 2.12. The molecule has 115 valence electrons. The van der Waals surface area contributed by atoms with Crippen LogP contribution in [0.1, 0.15) is 36.2 Å². The Bertz CT molecular complexity index is 466. The van der Waals surface area contributed by atoms with Gasteiger partial charge in [-0.15, -0.1) is 0 Å². The van der Waals surface area contributed by atoms with Crippen LogP contribution < -0.4 is 9.97 Å². The Morgan fingerprint density at radius 3 is 2.76 bits per heavy atom. The Labute approximate surface area is 127 Å². The minimum absolute atomic E-state index is 0.0881. The van der Waals surface area contributed by atoms with E-state index in [0.29, 0.717) is 38.0 Å². The van der Waals surface area contributed by atoms with Gasteiger partial charge in [-0.3, -0.25) is 4.79 Å². The predicted octanol–water partition coefficient (Wildman–Crippen LogP) is 1.43. The number of amides is 1. The summed E-state index contributed by atoms with van der Waals surface area (Å²) in [6.07, 6.45) is 1.03. The first-order valence-corrected chi connectivity index (χ1v) is 7.16. The second kappa shape index (κ2) is 8.69. The third-order valence-electron chi connectivity index (χ3n) is 3.30. The zero-order valence-corrected chi connectivity index (χ0v) is 13.2. The maximum atomic E-state index is 12.1. The number of hydrogen-bond donors (Lipinski definition) is 2. The first kappa shape index (κ1) is 17.5. The highest BCUT2D eigenvalue weighted by molar-refractivity contribution is 6.17. The number of rotatable bonds is 8. The fourth-order valence-corrected chi connectivity index (χ4v) is 1.87. The number of carbonyl (C=O) groups excluding carboxylic acids is 1. The largest absolute Gasteiger partial charge is 0.569 e. The van der Waals surface area contributed by atoms with Crippen molar-refractivity contribution in [1.82, 2.24) is 10.2 Å². The van der Waals surface area contributed by atoms with Crippen LogP contribution in [0, 0.1) is 5.92 Å². The van der Waals surface area contributed by atoms with E-state index in [9.17, 15) is 4.79 Å². The highest BCUT2D eigenvalue weighted by Crippen LogP contribution is 2.21. The molecular weight excluding hydrogens is 267 g/mol. The summed E-state index contributed by atoms with van der Waals surface area (Å²) in [6.45, 7) is 5.49. The lowest BCUT2D eigenvalue weighted by Crippen LogP contribution is -2.28. The third kappa shape index (κ3) is 5.77. The first-order chi connectivity index (χ1) is 9.97. The number of benzene rings is 1. The van der Waals surface area contributed by atoms with Crippen LogP contribution in [0.5, 0.6) is 5.75 Å². The zero-order valence-electron chi connectivity index (χ0n) is 13.2. The van der Waals surface area contributed by atoms with Gasteiger partial charge < -0.3 is 19.9 Å². The SMILES string of the molecule is CCC(C)CNC(=O)c1ccc(O[B]O)c(CN(C)C)c1. The normalized spacial score (nSPS) is 12.1. The van der Waals surface area contributed by atoms with Crippen molar-refractivity contribution in [3.05, 3.63) is 29.3 Å². The van der Waals surface area contributed by atoms with Crippen LogP contribution in [-0.2, 0) is 6.54 Å². The van der Waals surface area contributed by atoms with Crippen LogP contribution in [0.15, 0.2) is 18.2 Å². The van der Waals surface area contributed by atoms with Gasteiger partial charge in [0.25, 0.3) is 5.91 Å². The van der Waals surface area contributed by atoms with Crippen LogP contribution in [0.2, 0.25) is 0 Å². The molecule has 0 aliphatic heterocycles. The van der Waals surface area contributed by atoms with Crippen molar-refractivity contribution in [3.8, 4) is 5.75 Å². The molecule has 0 aromatic heterocycles. The summed E-state index contributed by atoms with van der Waals surface area (Å²) in [4.78, 5) is 14.1. The van der Waals surface area contributed by atoms with Gasteiger partial charge in [0, 0.05) is 24.2 Å². The van der Waals surface area contributed by atoms with Gasteiger partial charge in [0.2, 0.25) is 0 Å². The Morgan fingerprint density at radius 1 is 1.48 bits per heavy atom. The molecule has 6 heteroatoms. The molecule has 0 heterocycles. The maximum absolute atomic E-state index is 12.1. The zero-order chi connectivity index (χ0) is 15.8. The number of nitrogens with one attached hydrogen (secondary N) is 1. The lowest BCUT2D eigenvalue weighted by molar-refractivity contribution is 0.0947. The molecule has 1 radical (unpaired) electrons. The molecule has 0 saturated heterocycles. The average molecular weight is 291 g/mol. The summed E-state index contributed by atoms with van der Waals surface area (Å²) in [7, 11) is 4.52. The van der Waals surface area contributed by atoms with Gasteiger partial charge in [0.1, 0.15) is 5.75 Å². The van der Waals surface area contributed by atoms with Crippen molar-refractivity contribution in [2.45, 2.75) is 26.8 Å². The van der Waals surface area contributed by atoms with E-state index in [2.05, 4.69) is 19.2 Å². The van der Waals surface area contributed by atoms with Gasteiger partial charge in [-0.25, -0.2) is 0 Å². The van der Waals surface area contributed by atoms with Crippen LogP contribution in [0.4, 0.5) is 0 Å². The fraction of sp³-hybridized carbons (Fsp3) is 0.533. The molecule has 0 saturated carbocycles. The van der Waals surface area contributed by atoms with E-state index in [1.165, 1.54) is 0 Å². The van der Waals surface area contributed by atoms with Crippen LogP contribution >= 0.6 is 0 Å². The van der Waals surface area contributed by atoms with E-state index >= 15 is 0 Å². The van der Waals surface area contributed by atoms with Gasteiger partial charge >= 0.3 is 7.69 Å². The van der Waals surface area contributed by atoms with Crippen molar-refractivity contribution >= 4 is 13.6 Å². The first-order valence-electron chi connectivity index (χ1n) is 7.16. The molecular formula is C15H24BN2O3. The van der Waals surface area contributed by atoms with E-state index in [0.717, 1.165) is 12.0 Å². The summed E-state index contributed by atoms with van der Waals surface area (Å²) in [6, 6.07) is 5.19. The molecule has 1 atom stereocenters. The number of hydrogen-bond acceptors (Lipinski definition) is 4. The summed E-state index contributed by atoms with van der Waals surface area (Å²) in [5.74, 6) is 0.918. The Hall–Kier alpha value is -1.53. The molecule has 0 fully saturated rings. The quantitative estimate of drug-likeness (QED) is 0.711. The van der Waals surface area contributed by atoms with E-state index < -0.39 is 0 Å². The van der Waals surface area contributed by atoms with Gasteiger partial charge in [0.15, 0.2) is 0 Å². The summed E-state index contributed by atoms with van der Waals surface area (Å²) < 4.78 is 5.06. The van der Waals surface area contributed by atoms with Crippen molar-refractivity contribution in [3.63, 3.8) is 0 Å². The topological polar surface area (TPSA) is 61.8 Å². The maximum Gasteiger partial charge on any atom is 0.569 e. The molecule has 0 aliphatic rings. The summed E-state index contributed by atoms with van der Waals surface area (Å²) >= 11 is 0. The minimum atomic E-state index is -0.0881. The molecule has 5 nitrogen and oxygen atoms in total. The molecule has 1 aromatic carbocycles. The number of carbonyl (C=O) groups is 1. The second-order valence-electron chi connectivity index (χ2n) is 5.51. The molecule has 1 aromatic rings. The van der Waals surface area contributed by atoms with Crippen LogP contribution in [0.3, 0.4) is 0 Å².